The zero-order valence-electron chi connectivity index (χ0n) is 13.9. The molecule has 0 aromatic carbocycles. The van der Waals surface area contributed by atoms with Crippen molar-refractivity contribution in [1.82, 2.24) is 0 Å². The quantitative estimate of drug-likeness (QED) is 0.692. The van der Waals surface area contributed by atoms with Crippen LogP contribution < -0.4 is 0 Å². The average Bonchev–Trinajstić information content (AvgIpc) is 2.34. The molecule has 0 bridgehead atoms. The lowest BCUT2D eigenvalue weighted by Crippen LogP contribution is -2.23. The highest BCUT2D eigenvalue weighted by Crippen LogP contribution is 2.24. The molecule has 2 N–H and O–H groups in total. The molecule has 0 aliphatic heterocycles. The van der Waals surface area contributed by atoms with Crippen molar-refractivity contribution >= 4 is 11.9 Å². The normalized spacial score (nSPS) is 12.6. The van der Waals surface area contributed by atoms with Crippen molar-refractivity contribution in [1.29, 1.82) is 0 Å². The summed E-state index contributed by atoms with van der Waals surface area (Å²) >= 11 is 0. The molecule has 0 heterocycles. The van der Waals surface area contributed by atoms with E-state index < -0.39 is 17.4 Å². The van der Waals surface area contributed by atoms with Gasteiger partial charge in [0, 0.05) is 0 Å². The van der Waals surface area contributed by atoms with Crippen LogP contribution in [-0.2, 0) is 9.59 Å². The van der Waals surface area contributed by atoms with Crippen molar-refractivity contribution in [2.24, 2.45) is 17.3 Å². The van der Waals surface area contributed by atoms with Gasteiger partial charge < -0.3 is 10.2 Å². The van der Waals surface area contributed by atoms with Gasteiger partial charge in [0.25, 0.3) is 0 Å². The molecule has 0 radical (unpaired) electrons. The first kappa shape index (κ1) is 21.2. The highest BCUT2D eigenvalue weighted by atomic mass is 16.4. The molecule has 1 atom stereocenters. The zero-order valence-corrected chi connectivity index (χ0v) is 13.9. The van der Waals surface area contributed by atoms with Crippen molar-refractivity contribution in [3.8, 4) is 0 Å². The first-order valence-electron chi connectivity index (χ1n) is 7.50. The number of unbranched alkanes of at least 4 members (excludes halogenated alkanes) is 1. The fourth-order valence-electron chi connectivity index (χ4n) is 1.39. The van der Waals surface area contributed by atoms with Crippen LogP contribution in [-0.4, -0.2) is 22.2 Å². The lowest BCUT2D eigenvalue weighted by molar-refractivity contribution is -0.147. The SMILES string of the molecule is CC(C)CCC(C)(C)C(=O)O.CCCCC(C)C(=O)O. The van der Waals surface area contributed by atoms with Gasteiger partial charge in [-0.3, -0.25) is 9.59 Å². The van der Waals surface area contributed by atoms with E-state index in [1.807, 2.05) is 0 Å². The summed E-state index contributed by atoms with van der Waals surface area (Å²) in [5, 5.41) is 17.2. The number of carbonyl (C=O) groups is 2. The number of carboxylic acids is 2. The molecule has 0 fully saturated rings. The van der Waals surface area contributed by atoms with Gasteiger partial charge in [-0.05, 0) is 39.0 Å². The van der Waals surface area contributed by atoms with Crippen molar-refractivity contribution in [2.45, 2.75) is 73.6 Å². The van der Waals surface area contributed by atoms with Gasteiger partial charge in [-0.2, -0.15) is 0 Å². The van der Waals surface area contributed by atoms with Crippen LogP contribution in [0.2, 0.25) is 0 Å². The Morgan fingerprint density at radius 1 is 1.05 bits per heavy atom. The molecule has 0 aliphatic carbocycles. The van der Waals surface area contributed by atoms with E-state index in [1.165, 1.54) is 0 Å². The predicted octanol–water partition coefficient (Wildman–Crippen LogP) is 4.43. The Hall–Kier alpha value is -1.06. The van der Waals surface area contributed by atoms with E-state index in [2.05, 4.69) is 20.8 Å². The maximum absolute atomic E-state index is 10.6. The Bertz CT molecular complexity index is 282. The van der Waals surface area contributed by atoms with Crippen molar-refractivity contribution < 1.29 is 19.8 Å². The summed E-state index contributed by atoms with van der Waals surface area (Å²) in [6.07, 6.45) is 4.66. The minimum atomic E-state index is -0.696. The summed E-state index contributed by atoms with van der Waals surface area (Å²) in [6, 6.07) is 0. The van der Waals surface area contributed by atoms with Crippen molar-refractivity contribution in [2.75, 3.05) is 0 Å². The lowest BCUT2D eigenvalue weighted by atomic mass is 9.86. The van der Waals surface area contributed by atoms with Crippen LogP contribution in [0.15, 0.2) is 0 Å². The minimum Gasteiger partial charge on any atom is -0.481 e. The second-order valence-corrected chi connectivity index (χ2v) is 6.50. The summed E-state index contributed by atoms with van der Waals surface area (Å²) in [5.41, 5.74) is -0.551. The third kappa shape index (κ3) is 12.0. The van der Waals surface area contributed by atoms with Gasteiger partial charge >= 0.3 is 11.9 Å². The fourth-order valence-corrected chi connectivity index (χ4v) is 1.39. The minimum absolute atomic E-state index is 0.162. The van der Waals surface area contributed by atoms with E-state index in [0.717, 1.165) is 32.1 Å². The van der Waals surface area contributed by atoms with E-state index >= 15 is 0 Å². The van der Waals surface area contributed by atoms with Crippen molar-refractivity contribution in [3.63, 3.8) is 0 Å². The summed E-state index contributed by atoms with van der Waals surface area (Å²) < 4.78 is 0. The Balaban J connectivity index is 0. The molecule has 0 aromatic heterocycles. The monoisotopic (exact) mass is 288 g/mol. The fraction of sp³-hybridized carbons (Fsp3) is 0.875. The van der Waals surface area contributed by atoms with Crippen molar-refractivity contribution in [3.05, 3.63) is 0 Å². The van der Waals surface area contributed by atoms with Crippen LogP contribution in [0.25, 0.3) is 0 Å². The van der Waals surface area contributed by atoms with Gasteiger partial charge in [-0.15, -0.1) is 0 Å². The smallest absolute Gasteiger partial charge is 0.309 e. The van der Waals surface area contributed by atoms with Crippen LogP contribution in [0.5, 0.6) is 0 Å². The Morgan fingerprint density at radius 2 is 1.55 bits per heavy atom. The molecule has 4 nitrogen and oxygen atoms in total. The largest absolute Gasteiger partial charge is 0.481 e. The van der Waals surface area contributed by atoms with Gasteiger partial charge in [0.1, 0.15) is 0 Å². The third-order valence-electron chi connectivity index (χ3n) is 3.34. The molecule has 20 heavy (non-hydrogen) atoms. The molecule has 0 rings (SSSR count). The lowest BCUT2D eigenvalue weighted by Gasteiger charge is -2.19. The second kappa shape index (κ2) is 10.7. The average molecular weight is 288 g/mol. The number of rotatable bonds is 8. The Morgan fingerprint density at radius 3 is 1.85 bits per heavy atom. The standard InChI is InChI=1S/C9H18O2.C7H14O2/c1-7(2)5-6-9(3,4)8(10)11;1-3-4-5-6(2)7(8)9/h7H,5-6H2,1-4H3,(H,10,11);6H,3-5H2,1-2H3,(H,8,9). The number of hydrogen-bond acceptors (Lipinski definition) is 2. The second-order valence-electron chi connectivity index (χ2n) is 6.50. The number of carboxylic acid groups (broad SMARTS) is 2. The molecule has 0 aliphatic rings. The van der Waals surface area contributed by atoms with E-state index in [0.29, 0.717) is 5.92 Å². The summed E-state index contributed by atoms with van der Waals surface area (Å²) in [4.78, 5) is 20.8. The van der Waals surface area contributed by atoms with E-state index in [-0.39, 0.29) is 5.92 Å². The van der Waals surface area contributed by atoms with Crippen LogP contribution in [0.1, 0.15) is 73.6 Å². The first-order valence-corrected chi connectivity index (χ1v) is 7.50. The van der Waals surface area contributed by atoms with Gasteiger partial charge in [0.15, 0.2) is 0 Å². The maximum atomic E-state index is 10.6. The number of aliphatic carboxylic acids is 2. The molecular weight excluding hydrogens is 256 g/mol. The predicted molar refractivity (Wildman–Crippen MR) is 81.8 cm³/mol. The van der Waals surface area contributed by atoms with Crippen LogP contribution in [0.3, 0.4) is 0 Å². The van der Waals surface area contributed by atoms with Crippen LogP contribution in [0.4, 0.5) is 0 Å². The number of hydrogen-bond donors (Lipinski definition) is 2. The molecule has 0 aromatic rings. The molecule has 0 amide bonds. The molecule has 1 unspecified atom stereocenters. The molecule has 4 heteroatoms. The Labute approximate surface area is 123 Å². The van der Waals surface area contributed by atoms with E-state index in [9.17, 15) is 9.59 Å². The summed E-state index contributed by atoms with van der Waals surface area (Å²) in [6.45, 7) is 11.6. The van der Waals surface area contributed by atoms with Gasteiger partial charge in [-0.1, -0.05) is 40.5 Å². The first-order chi connectivity index (χ1) is 9.04. The third-order valence-corrected chi connectivity index (χ3v) is 3.34. The molecule has 0 saturated heterocycles. The summed E-state index contributed by atoms with van der Waals surface area (Å²) in [7, 11) is 0. The van der Waals surface area contributed by atoms with Gasteiger partial charge in [-0.25, -0.2) is 0 Å². The maximum Gasteiger partial charge on any atom is 0.309 e. The molecule has 0 saturated carbocycles. The molecule has 120 valence electrons. The molecule has 0 spiro atoms. The van der Waals surface area contributed by atoms with Gasteiger partial charge in [0.05, 0.1) is 11.3 Å². The highest BCUT2D eigenvalue weighted by molar-refractivity contribution is 5.73. The van der Waals surface area contributed by atoms with Crippen LogP contribution in [0, 0.1) is 17.3 Å². The highest BCUT2D eigenvalue weighted by Gasteiger charge is 2.26. The molecular formula is C16H32O4. The topological polar surface area (TPSA) is 74.6 Å². The van der Waals surface area contributed by atoms with E-state index in [1.54, 1.807) is 20.8 Å². The zero-order chi connectivity index (χ0) is 16.3. The summed E-state index contributed by atoms with van der Waals surface area (Å²) in [5.74, 6) is -0.944. The van der Waals surface area contributed by atoms with Gasteiger partial charge in [0.2, 0.25) is 0 Å². The van der Waals surface area contributed by atoms with Crippen LogP contribution >= 0.6 is 0 Å². The van der Waals surface area contributed by atoms with E-state index in [4.69, 9.17) is 10.2 Å². The Kier molecular flexibility index (Phi) is 11.4.